The maximum atomic E-state index is 12.3. The van der Waals surface area contributed by atoms with Crippen LogP contribution < -0.4 is 10.0 Å². The van der Waals surface area contributed by atoms with Crippen molar-refractivity contribution in [1.29, 1.82) is 0 Å². The average Bonchev–Trinajstić information content (AvgIpc) is 2.86. The maximum Gasteiger partial charge on any atom is 0.279 e. The molecule has 7 heteroatoms. The van der Waals surface area contributed by atoms with Crippen LogP contribution in [-0.2, 0) is 16.6 Å². The quantitative estimate of drug-likeness (QED) is 0.757. The van der Waals surface area contributed by atoms with Crippen molar-refractivity contribution < 1.29 is 8.42 Å². The second-order valence-electron chi connectivity index (χ2n) is 4.73. The Kier molecular flexibility index (Phi) is 4.41. The van der Waals surface area contributed by atoms with Gasteiger partial charge in [0.1, 0.15) is 0 Å². The minimum atomic E-state index is -3.66. The molecular weight excluding hydrogens is 276 g/mol. The van der Waals surface area contributed by atoms with E-state index in [4.69, 9.17) is 0 Å². The van der Waals surface area contributed by atoms with E-state index in [2.05, 4.69) is 20.2 Å². The summed E-state index contributed by atoms with van der Waals surface area (Å²) < 4.78 is 27.2. The molecule has 1 heterocycles. The first kappa shape index (κ1) is 14.5. The number of nitrogens with one attached hydrogen (secondary N) is 3. The highest BCUT2D eigenvalue weighted by atomic mass is 32.2. The van der Waals surface area contributed by atoms with Gasteiger partial charge in [-0.3, -0.25) is 9.82 Å². The zero-order valence-corrected chi connectivity index (χ0v) is 12.2. The van der Waals surface area contributed by atoms with Gasteiger partial charge in [-0.2, -0.15) is 13.5 Å². The molecule has 0 bridgehead atoms. The molecule has 0 aliphatic carbocycles. The Bertz CT molecular complexity index is 650. The molecule has 0 aliphatic rings. The van der Waals surface area contributed by atoms with Crippen molar-refractivity contribution in [3.05, 3.63) is 42.1 Å². The lowest BCUT2D eigenvalue weighted by atomic mass is 10.3. The molecule has 1 aromatic heterocycles. The summed E-state index contributed by atoms with van der Waals surface area (Å²) in [5.41, 5.74) is 1.13. The normalized spacial score (nSPS) is 11.8. The summed E-state index contributed by atoms with van der Waals surface area (Å²) in [7, 11) is -3.66. The van der Waals surface area contributed by atoms with Gasteiger partial charge in [-0.05, 0) is 12.1 Å². The van der Waals surface area contributed by atoms with Crippen LogP contribution in [0.1, 0.15) is 19.4 Å². The number of benzene rings is 1. The number of hydrogen-bond acceptors (Lipinski definition) is 4. The van der Waals surface area contributed by atoms with Crippen LogP contribution in [0.2, 0.25) is 0 Å². The highest BCUT2D eigenvalue weighted by Gasteiger charge is 2.20. The minimum absolute atomic E-state index is 0.0921. The molecule has 2 aromatic rings. The number of para-hydroxylation sites is 1. The lowest BCUT2D eigenvalue weighted by Crippen LogP contribution is -2.23. The standard InChI is InChI=1S/C13H18N4O2S/c1-10(2)14-8-11-9-15-16-13(11)20(18,19)17-12-6-4-3-5-7-12/h3-7,9-10,14,17H,8H2,1-2H3,(H,15,16). The van der Waals surface area contributed by atoms with Crippen LogP contribution in [0, 0.1) is 0 Å². The number of aromatic amines is 1. The maximum absolute atomic E-state index is 12.3. The molecule has 0 unspecified atom stereocenters. The fraction of sp³-hybridized carbons (Fsp3) is 0.308. The number of hydrogen-bond donors (Lipinski definition) is 3. The summed E-state index contributed by atoms with van der Waals surface area (Å²) in [6, 6.07) is 9.02. The number of sulfonamides is 1. The van der Waals surface area contributed by atoms with Crippen LogP contribution in [0.25, 0.3) is 0 Å². The van der Waals surface area contributed by atoms with Gasteiger partial charge in [0.15, 0.2) is 5.03 Å². The van der Waals surface area contributed by atoms with Crippen molar-refractivity contribution in [2.45, 2.75) is 31.5 Å². The largest absolute Gasteiger partial charge is 0.310 e. The average molecular weight is 294 g/mol. The topological polar surface area (TPSA) is 86.9 Å². The summed E-state index contributed by atoms with van der Waals surface area (Å²) in [4.78, 5) is 0. The molecule has 108 valence electrons. The lowest BCUT2D eigenvalue weighted by Gasteiger charge is -2.10. The molecule has 0 saturated heterocycles. The minimum Gasteiger partial charge on any atom is -0.310 e. The number of aromatic nitrogens is 2. The van der Waals surface area contributed by atoms with Gasteiger partial charge in [0.2, 0.25) is 0 Å². The fourth-order valence-corrected chi connectivity index (χ4v) is 2.88. The van der Waals surface area contributed by atoms with Crippen molar-refractivity contribution >= 4 is 15.7 Å². The molecule has 0 radical (unpaired) electrons. The number of nitrogens with zero attached hydrogens (tertiary/aromatic N) is 1. The Hall–Kier alpha value is -1.86. The fourth-order valence-electron chi connectivity index (χ4n) is 1.68. The summed E-state index contributed by atoms with van der Waals surface area (Å²) >= 11 is 0. The molecule has 0 spiro atoms. The third-order valence-corrected chi connectivity index (χ3v) is 4.07. The van der Waals surface area contributed by atoms with Crippen molar-refractivity contribution in [2.75, 3.05) is 4.72 Å². The van der Waals surface area contributed by atoms with E-state index in [0.29, 0.717) is 17.8 Å². The van der Waals surface area contributed by atoms with Crippen molar-refractivity contribution in [3.63, 3.8) is 0 Å². The molecule has 6 nitrogen and oxygen atoms in total. The van der Waals surface area contributed by atoms with Gasteiger partial charge >= 0.3 is 0 Å². The first-order chi connectivity index (χ1) is 9.49. The molecule has 1 aromatic carbocycles. The van der Waals surface area contributed by atoms with Crippen molar-refractivity contribution in [2.24, 2.45) is 0 Å². The third kappa shape index (κ3) is 3.58. The van der Waals surface area contributed by atoms with Crippen LogP contribution in [0.5, 0.6) is 0 Å². The van der Waals surface area contributed by atoms with E-state index in [1.807, 2.05) is 19.9 Å². The SMILES string of the molecule is CC(C)NCc1cn[nH]c1S(=O)(=O)Nc1ccccc1. The molecule has 20 heavy (non-hydrogen) atoms. The van der Waals surface area contributed by atoms with Crippen LogP contribution in [-0.4, -0.2) is 24.7 Å². The van der Waals surface area contributed by atoms with E-state index >= 15 is 0 Å². The molecular formula is C13H18N4O2S. The van der Waals surface area contributed by atoms with Gasteiger partial charge in [-0.25, -0.2) is 0 Å². The Labute approximate surface area is 118 Å². The van der Waals surface area contributed by atoms with Gasteiger partial charge in [0.25, 0.3) is 10.0 Å². The summed E-state index contributed by atoms with van der Waals surface area (Å²) in [6.07, 6.45) is 1.52. The van der Waals surface area contributed by atoms with Gasteiger partial charge in [0, 0.05) is 23.8 Å². The Morgan fingerprint density at radius 2 is 1.95 bits per heavy atom. The zero-order valence-electron chi connectivity index (χ0n) is 11.4. The van der Waals surface area contributed by atoms with Crippen LogP contribution in [0.15, 0.2) is 41.6 Å². The molecule has 2 rings (SSSR count). The van der Waals surface area contributed by atoms with Gasteiger partial charge in [-0.15, -0.1) is 0 Å². The second kappa shape index (κ2) is 6.06. The first-order valence-corrected chi connectivity index (χ1v) is 7.81. The molecule has 0 aliphatic heterocycles. The van der Waals surface area contributed by atoms with E-state index in [1.54, 1.807) is 24.3 Å². The van der Waals surface area contributed by atoms with E-state index < -0.39 is 10.0 Å². The monoisotopic (exact) mass is 294 g/mol. The summed E-state index contributed by atoms with van der Waals surface area (Å²) in [6.45, 7) is 4.44. The van der Waals surface area contributed by atoms with Crippen LogP contribution in [0.3, 0.4) is 0 Å². The highest BCUT2D eigenvalue weighted by molar-refractivity contribution is 7.92. The van der Waals surface area contributed by atoms with E-state index in [9.17, 15) is 8.42 Å². The summed E-state index contributed by atoms with van der Waals surface area (Å²) in [5.74, 6) is 0. The zero-order chi connectivity index (χ0) is 14.6. The third-order valence-electron chi connectivity index (χ3n) is 2.67. The number of anilines is 1. The van der Waals surface area contributed by atoms with Crippen LogP contribution >= 0.6 is 0 Å². The molecule has 0 amide bonds. The smallest absolute Gasteiger partial charge is 0.279 e. The number of rotatable bonds is 6. The lowest BCUT2D eigenvalue weighted by molar-refractivity contribution is 0.574. The summed E-state index contributed by atoms with van der Waals surface area (Å²) in [5, 5.41) is 9.64. The second-order valence-corrected chi connectivity index (χ2v) is 6.35. The molecule has 0 saturated carbocycles. The van der Waals surface area contributed by atoms with E-state index in [-0.39, 0.29) is 11.1 Å². The predicted molar refractivity (Wildman–Crippen MR) is 77.8 cm³/mol. The highest BCUT2D eigenvalue weighted by Crippen LogP contribution is 2.17. The molecule has 0 atom stereocenters. The van der Waals surface area contributed by atoms with Crippen molar-refractivity contribution in [3.8, 4) is 0 Å². The van der Waals surface area contributed by atoms with E-state index in [1.165, 1.54) is 6.20 Å². The van der Waals surface area contributed by atoms with E-state index in [0.717, 1.165) is 0 Å². The molecule has 3 N–H and O–H groups in total. The molecule has 0 fully saturated rings. The predicted octanol–water partition coefficient (Wildman–Crippen LogP) is 1.71. The Balaban J connectivity index is 2.20. The Morgan fingerprint density at radius 3 is 2.60 bits per heavy atom. The first-order valence-electron chi connectivity index (χ1n) is 6.32. The van der Waals surface area contributed by atoms with Crippen LogP contribution in [0.4, 0.5) is 5.69 Å². The van der Waals surface area contributed by atoms with Gasteiger partial charge < -0.3 is 5.32 Å². The van der Waals surface area contributed by atoms with Crippen molar-refractivity contribution in [1.82, 2.24) is 15.5 Å². The Morgan fingerprint density at radius 1 is 1.25 bits per heavy atom. The van der Waals surface area contributed by atoms with Gasteiger partial charge in [-0.1, -0.05) is 32.0 Å². The number of H-pyrrole nitrogens is 1. The van der Waals surface area contributed by atoms with Gasteiger partial charge in [0.05, 0.1) is 6.20 Å².